The number of amides is 1. The molecule has 0 saturated heterocycles. The Morgan fingerprint density at radius 1 is 1.19 bits per heavy atom. The number of benzene rings is 2. The van der Waals surface area contributed by atoms with Crippen LogP contribution in [0.3, 0.4) is 0 Å². The number of anilines is 2. The first-order valence-electron chi connectivity index (χ1n) is 6.55. The van der Waals surface area contributed by atoms with Crippen LogP contribution in [0.1, 0.15) is 25.5 Å². The van der Waals surface area contributed by atoms with Gasteiger partial charge in [0.1, 0.15) is 0 Å². The lowest BCUT2D eigenvalue weighted by molar-refractivity contribution is -0.114. The van der Waals surface area contributed by atoms with E-state index in [2.05, 4.69) is 33.5 Å². The van der Waals surface area contributed by atoms with Crippen LogP contribution in [0.5, 0.6) is 0 Å². The molecule has 1 amide bonds. The first kappa shape index (κ1) is 15.9. The number of carbonyl (C=O) groups excluding carboxylic acids is 1. The SMILES string of the molecule is CC(=O)Nc1cccc(C(C)Nc2ccc(Br)c(Cl)c2)c1. The van der Waals surface area contributed by atoms with Crippen LogP contribution in [0.4, 0.5) is 11.4 Å². The van der Waals surface area contributed by atoms with Crippen molar-refractivity contribution in [3.05, 3.63) is 57.5 Å². The third-order valence-corrected chi connectivity index (χ3v) is 4.24. The zero-order chi connectivity index (χ0) is 15.4. The van der Waals surface area contributed by atoms with E-state index in [0.29, 0.717) is 5.02 Å². The molecule has 0 spiro atoms. The molecule has 0 aliphatic heterocycles. The van der Waals surface area contributed by atoms with E-state index in [0.717, 1.165) is 21.4 Å². The summed E-state index contributed by atoms with van der Waals surface area (Å²) < 4.78 is 0.870. The summed E-state index contributed by atoms with van der Waals surface area (Å²) in [7, 11) is 0. The van der Waals surface area contributed by atoms with Gasteiger partial charge in [-0.1, -0.05) is 23.7 Å². The second-order valence-electron chi connectivity index (χ2n) is 4.80. The molecule has 21 heavy (non-hydrogen) atoms. The van der Waals surface area contributed by atoms with E-state index >= 15 is 0 Å². The fourth-order valence-corrected chi connectivity index (χ4v) is 2.44. The Morgan fingerprint density at radius 2 is 1.95 bits per heavy atom. The maximum absolute atomic E-state index is 11.1. The van der Waals surface area contributed by atoms with Crippen molar-refractivity contribution < 1.29 is 4.79 Å². The predicted octanol–water partition coefficient (Wildman–Crippen LogP) is 5.23. The zero-order valence-corrected chi connectivity index (χ0v) is 14.1. The van der Waals surface area contributed by atoms with Gasteiger partial charge in [0.15, 0.2) is 0 Å². The van der Waals surface area contributed by atoms with Gasteiger partial charge in [-0.05, 0) is 58.7 Å². The highest BCUT2D eigenvalue weighted by molar-refractivity contribution is 9.10. The van der Waals surface area contributed by atoms with Crippen molar-refractivity contribution in [3.63, 3.8) is 0 Å². The molecule has 2 aromatic carbocycles. The van der Waals surface area contributed by atoms with E-state index < -0.39 is 0 Å². The first-order chi connectivity index (χ1) is 9.95. The number of rotatable bonds is 4. The van der Waals surface area contributed by atoms with Crippen LogP contribution in [0.25, 0.3) is 0 Å². The Kier molecular flexibility index (Phi) is 5.26. The molecule has 3 nitrogen and oxygen atoms in total. The summed E-state index contributed by atoms with van der Waals surface area (Å²) >= 11 is 9.46. The fourth-order valence-electron chi connectivity index (χ4n) is 2.01. The van der Waals surface area contributed by atoms with Gasteiger partial charge in [0.05, 0.1) is 5.02 Å². The van der Waals surface area contributed by atoms with Crippen molar-refractivity contribution in [2.75, 3.05) is 10.6 Å². The smallest absolute Gasteiger partial charge is 0.221 e. The molecule has 0 fully saturated rings. The number of hydrogen-bond donors (Lipinski definition) is 2. The second-order valence-corrected chi connectivity index (χ2v) is 6.06. The van der Waals surface area contributed by atoms with Gasteiger partial charge in [-0.25, -0.2) is 0 Å². The molecule has 1 atom stereocenters. The summed E-state index contributed by atoms with van der Waals surface area (Å²) in [6.07, 6.45) is 0. The predicted molar refractivity (Wildman–Crippen MR) is 91.9 cm³/mol. The number of carbonyl (C=O) groups is 1. The van der Waals surface area contributed by atoms with Gasteiger partial charge in [-0.15, -0.1) is 0 Å². The van der Waals surface area contributed by atoms with Crippen molar-refractivity contribution in [3.8, 4) is 0 Å². The van der Waals surface area contributed by atoms with E-state index in [-0.39, 0.29) is 11.9 Å². The van der Waals surface area contributed by atoms with Gasteiger partial charge in [0.2, 0.25) is 5.91 Å². The summed E-state index contributed by atoms with van der Waals surface area (Å²) in [6.45, 7) is 3.56. The second kappa shape index (κ2) is 6.96. The van der Waals surface area contributed by atoms with E-state index in [1.807, 2.05) is 42.5 Å². The van der Waals surface area contributed by atoms with E-state index in [1.165, 1.54) is 6.92 Å². The Hall–Kier alpha value is -1.52. The van der Waals surface area contributed by atoms with Crippen molar-refractivity contribution in [1.29, 1.82) is 0 Å². The molecule has 0 saturated carbocycles. The molecule has 110 valence electrons. The highest BCUT2D eigenvalue weighted by Gasteiger charge is 2.08. The Balaban J connectivity index is 2.14. The monoisotopic (exact) mass is 366 g/mol. The largest absolute Gasteiger partial charge is 0.378 e. The summed E-state index contributed by atoms with van der Waals surface area (Å²) in [5.41, 5.74) is 2.82. The van der Waals surface area contributed by atoms with E-state index in [9.17, 15) is 4.79 Å². The van der Waals surface area contributed by atoms with Crippen LogP contribution < -0.4 is 10.6 Å². The van der Waals surface area contributed by atoms with Crippen molar-refractivity contribution in [2.45, 2.75) is 19.9 Å². The summed E-state index contributed by atoms with van der Waals surface area (Å²) in [4.78, 5) is 11.1. The number of halogens is 2. The van der Waals surface area contributed by atoms with Crippen molar-refractivity contribution in [2.24, 2.45) is 0 Å². The van der Waals surface area contributed by atoms with Crippen LogP contribution in [0, 0.1) is 0 Å². The Labute approximate surface area is 137 Å². The number of nitrogens with one attached hydrogen (secondary N) is 2. The average molecular weight is 368 g/mol. The third-order valence-electron chi connectivity index (χ3n) is 3.01. The van der Waals surface area contributed by atoms with Crippen molar-refractivity contribution in [1.82, 2.24) is 0 Å². The molecule has 5 heteroatoms. The summed E-state index contributed by atoms with van der Waals surface area (Å²) in [5, 5.41) is 6.84. The van der Waals surface area contributed by atoms with Gasteiger partial charge >= 0.3 is 0 Å². The van der Waals surface area contributed by atoms with Crippen LogP contribution in [0.2, 0.25) is 5.02 Å². The molecule has 0 bridgehead atoms. The Morgan fingerprint density at radius 3 is 2.62 bits per heavy atom. The maximum atomic E-state index is 11.1. The summed E-state index contributed by atoms with van der Waals surface area (Å²) in [5.74, 6) is -0.0764. The highest BCUT2D eigenvalue weighted by atomic mass is 79.9. The minimum Gasteiger partial charge on any atom is -0.378 e. The highest BCUT2D eigenvalue weighted by Crippen LogP contribution is 2.28. The topological polar surface area (TPSA) is 41.1 Å². The van der Waals surface area contributed by atoms with Gasteiger partial charge in [0.25, 0.3) is 0 Å². The molecule has 0 aromatic heterocycles. The van der Waals surface area contributed by atoms with Crippen LogP contribution >= 0.6 is 27.5 Å². The fraction of sp³-hybridized carbons (Fsp3) is 0.188. The van der Waals surface area contributed by atoms with E-state index in [1.54, 1.807) is 0 Å². The number of hydrogen-bond acceptors (Lipinski definition) is 2. The normalized spacial score (nSPS) is 11.8. The lowest BCUT2D eigenvalue weighted by Crippen LogP contribution is -2.09. The molecule has 1 unspecified atom stereocenters. The van der Waals surface area contributed by atoms with Gasteiger partial charge in [-0.2, -0.15) is 0 Å². The zero-order valence-electron chi connectivity index (χ0n) is 11.8. The molecular formula is C16H16BrClN2O. The first-order valence-corrected chi connectivity index (χ1v) is 7.72. The summed E-state index contributed by atoms with van der Waals surface area (Å²) in [6, 6.07) is 13.6. The van der Waals surface area contributed by atoms with Crippen LogP contribution in [-0.2, 0) is 4.79 Å². The van der Waals surface area contributed by atoms with Gasteiger partial charge < -0.3 is 10.6 Å². The minimum atomic E-state index is -0.0764. The minimum absolute atomic E-state index is 0.0764. The quantitative estimate of drug-likeness (QED) is 0.776. The molecule has 2 N–H and O–H groups in total. The van der Waals surface area contributed by atoms with Gasteiger partial charge in [0, 0.05) is 28.8 Å². The standard InChI is InChI=1S/C16H16BrClN2O/c1-10(19-14-6-7-15(17)16(18)9-14)12-4-3-5-13(8-12)20-11(2)21/h3-10,19H,1-2H3,(H,20,21). The molecule has 0 aliphatic carbocycles. The third kappa shape index (κ3) is 4.48. The molecule has 2 aromatic rings. The average Bonchev–Trinajstić information content (AvgIpc) is 2.42. The molecular weight excluding hydrogens is 352 g/mol. The maximum Gasteiger partial charge on any atom is 0.221 e. The lowest BCUT2D eigenvalue weighted by atomic mass is 10.1. The van der Waals surface area contributed by atoms with Crippen LogP contribution in [-0.4, -0.2) is 5.91 Å². The van der Waals surface area contributed by atoms with E-state index in [4.69, 9.17) is 11.6 Å². The van der Waals surface area contributed by atoms with Crippen LogP contribution in [0.15, 0.2) is 46.9 Å². The molecule has 2 rings (SSSR count). The molecule has 0 aliphatic rings. The Bertz CT molecular complexity index is 660. The molecule has 0 heterocycles. The molecule has 0 radical (unpaired) electrons. The van der Waals surface area contributed by atoms with Crippen molar-refractivity contribution >= 4 is 44.8 Å². The van der Waals surface area contributed by atoms with Gasteiger partial charge in [-0.3, -0.25) is 4.79 Å². The lowest BCUT2D eigenvalue weighted by Gasteiger charge is -2.17.